The minimum absolute atomic E-state index is 0.0257. The molecule has 19 heavy (non-hydrogen) atoms. The van der Waals surface area contributed by atoms with Gasteiger partial charge in [0.2, 0.25) is 0 Å². The van der Waals surface area contributed by atoms with Gasteiger partial charge in [0.15, 0.2) is 0 Å². The predicted molar refractivity (Wildman–Crippen MR) is 78.7 cm³/mol. The molecule has 104 valence electrons. The number of carbonyl (C=O) groups is 1. The van der Waals surface area contributed by atoms with Crippen LogP contribution in [0.3, 0.4) is 0 Å². The first-order valence-electron chi connectivity index (χ1n) is 6.68. The van der Waals surface area contributed by atoms with Crippen LogP contribution in [0.4, 0.5) is 10.5 Å². The first-order chi connectivity index (χ1) is 9.20. The van der Waals surface area contributed by atoms with E-state index < -0.39 is 0 Å². The molecule has 1 heterocycles. The van der Waals surface area contributed by atoms with Crippen molar-refractivity contribution >= 4 is 23.3 Å². The third-order valence-electron chi connectivity index (χ3n) is 3.42. The summed E-state index contributed by atoms with van der Waals surface area (Å²) < 4.78 is 0. The molecular weight excluding hydrogens is 262 g/mol. The highest BCUT2D eigenvalue weighted by Gasteiger charge is 2.25. The SMILES string of the molecule is CNCC1CCCCN1C(=O)Nc1ccc(Cl)cc1. The largest absolute Gasteiger partial charge is 0.322 e. The van der Waals surface area contributed by atoms with Gasteiger partial charge in [-0.25, -0.2) is 4.79 Å². The van der Waals surface area contributed by atoms with Crippen molar-refractivity contribution in [1.29, 1.82) is 0 Å². The number of likely N-dealkylation sites (tertiary alicyclic amines) is 1. The van der Waals surface area contributed by atoms with Gasteiger partial charge in [-0.3, -0.25) is 0 Å². The highest BCUT2D eigenvalue weighted by Crippen LogP contribution is 2.19. The average molecular weight is 282 g/mol. The third-order valence-corrected chi connectivity index (χ3v) is 3.68. The zero-order valence-electron chi connectivity index (χ0n) is 11.2. The van der Waals surface area contributed by atoms with Gasteiger partial charge in [0.05, 0.1) is 0 Å². The minimum Gasteiger partial charge on any atom is -0.320 e. The molecule has 1 fully saturated rings. The number of piperidine rings is 1. The van der Waals surface area contributed by atoms with Crippen molar-refractivity contribution in [3.05, 3.63) is 29.3 Å². The Balaban J connectivity index is 1.99. The molecule has 1 atom stereocenters. The molecule has 1 aliphatic heterocycles. The lowest BCUT2D eigenvalue weighted by Gasteiger charge is -2.35. The number of nitrogens with zero attached hydrogens (tertiary/aromatic N) is 1. The van der Waals surface area contributed by atoms with Gasteiger partial charge < -0.3 is 15.5 Å². The topological polar surface area (TPSA) is 44.4 Å². The number of nitrogens with one attached hydrogen (secondary N) is 2. The molecule has 1 saturated heterocycles. The Morgan fingerprint density at radius 1 is 1.37 bits per heavy atom. The second-order valence-electron chi connectivity index (χ2n) is 4.84. The quantitative estimate of drug-likeness (QED) is 0.895. The molecule has 1 aliphatic rings. The molecule has 0 aromatic heterocycles. The lowest BCUT2D eigenvalue weighted by molar-refractivity contribution is 0.162. The van der Waals surface area contributed by atoms with Crippen LogP contribution in [0.1, 0.15) is 19.3 Å². The number of rotatable bonds is 3. The summed E-state index contributed by atoms with van der Waals surface area (Å²) in [6.07, 6.45) is 3.33. The van der Waals surface area contributed by atoms with Gasteiger partial charge >= 0.3 is 6.03 Å². The predicted octanol–water partition coefficient (Wildman–Crippen LogP) is 2.95. The Kier molecular flexibility index (Phi) is 5.05. The van der Waals surface area contributed by atoms with Crippen molar-refractivity contribution in [2.45, 2.75) is 25.3 Å². The van der Waals surface area contributed by atoms with Gasteiger partial charge in [-0.2, -0.15) is 0 Å². The van der Waals surface area contributed by atoms with Crippen molar-refractivity contribution < 1.29 is 4.79 Å². The second kappa shape index (κ2) is 6.78. The smallest absolute Gasteiger partial charge is 0.320 e. The monoisotopic (exact) mass is 281 g/mol. The molecule has 1 unspecified atom stereocenters. The first-order valence-corrected chi connectivity index (χ1v) is 7.06. The summed E-state index contributed by atoms with van der Waals surface area (Å²) in [5.74, 6) is 0. The van der Waals surface area contributed by atoms with E-state index >= 15 is 0 Å². The van der Waals surface area contributed by atoms with E-state index in [-0.39, 0.29) is 12.1 Å². The Labute approximate surface area is 119 Å². The van der Waals surface area contributed by atoms with Crippen LogP contribution in [0.5, 0.6) is 0 Å². The zero-order valence-corrected chi connectivity index (χ0v) is 11.9. The fraction of sp³-hybridized carbons (Fsp3) is 0.500. The van der Waals surface area contributed by atoms with E-state index in [1.165, 1.54) is 6.42 Å². The summed E-state index contributed by atoms with van der Waals surface area (Å²) in [6.45, 7) is 1.67. The van der Waals surface area contributed by atoms with E-state index in [2.05, 4.69) is 10.6 Å². The van der Waals surface area contributed by atoms with Crippen LogP contribution in [0, 0.1) is 0 Å². The maximum Gasteiger partial charge on any atom is 0.322 e. The van der Waals surface area contributed by atoms with E-state index in [9.17, 15) is 4.79 Å². The van der Waals surface area contributed by atoms with Crippen LogP contribution in [0.15, 0.2) is 24.3 Å². The van der Waals surface area contributed by atoms with E-state index in [0.717, 1.165) is 31.6 Å². The van der Waals surface area contributed by atoms with E-state index in [4.69, 9.17) is 11.6 Å². The molecule has 5 heteroatoms. The molecule has 0 aliphatic carbocycles. The zero-order chi connectivity index (χ0) is 13.7. The van der Waals surface area contributed by atoms with Crippen LogP contribution in [-0.2, 0) is 0 Å². The molecule has 1 aromatic carbocycles. The third kappa shape index (κ3) is 3.85. The van der Waals surface area contributed by atoms with Gasteiger partial charge in [-0.05, 0) is 50.6 Å². The van der Waals surface area contributed by atoms with Gasteiger partial charge in [-0.15, -0.1) is 0 Å². The number of hydrogen-bond donors (Lipinski definition) is 2. The van der Waals surface area contributed by atoms with Crippen molar-refractivity contribution in [3.63, 3.8) is 0 Å². The van der Waals surface area contributed by atoms with E-state index in [0.29, 0.717) is 5.02 Å². The number of amides is 2. The standard InChI is InChI=1S/C14H20ClN3O/c1-16-10-13-4-2-3-9-18(13)14(19)17-12-7-5-11(15)6-8-12/h5-8,13,16H,2-4,9-10H2,1H3,(H,17,19). The van der Waals surface area contributed by atoms with Crippen LogP contribution < -0.4 is 10.6 Å². The molecule has 4 nitrogen and oxygen atoms in total. The summed E-state index contributed by atoms with van der Waals surface area (Å²) in [5.41, 5.74) is 0.781. The maximum absolute atomic E-state index is 12.3. The fourth-order valence-electron chi connectivity index (χ4n) is 2.44. The Hall–Kier alpha value is -1.26. The Morgan fingerprint density at radius 3 is 2.79 bits per heavy atom. The number of anilines is 1. The lowest BCUT2D eigenvalue weighted by Crippen LogP contribution is -2.49. The lowest BCUT2D eigenvalue weighted by atomic mass is 10.0. The molecule has 0 radical (unpaired) electrons. The van der Waals surface area contributed by atoms with Crippen LogP contribution in [-0.4, -0.2) is 37.1 Å². The summed E-state index contributed by atoms with van der Waals surface area (Å²) in [5, 5.41) is 6.75. The molecule has 0 bridgehead atoms. The number of hydrogen-bond acceptors (Lipinski definition) is 2. The highest BCUT2D eigenvalue weighted by molar-refractivity contribution is 6.30. The first kappa shape index (κ1) is 14.2. The van der Waals surface area contributed by atoms with E-state index in [1.54, 1.807) is 12.1 Å². The summed E-state index contributed by atoms with van der Waals surface area (Å²) in [4.78, 5) is 14.2. The van der Waals surface area contributed by atoms with Crippen LogP contribution in [0.2, 0.25) is 5.02 Å². The number of benzene rings is 1. The van der Waals surface area contributed by atoms with Crippen LogP contribution in [0.25, 0.3) is 0 Å². The van der Waals surface area contributed by atoms with Crippen molar-refractivity contribution in [3.8, 4) is 0 Å². The molecule has 1 aromatic rings. The summed E-state index contributed by atoms with van der Waals surface area (Å²) in [6, 6.07) is 7.44. The fourth-order valence-corrected chi connectivity index (χ4v) is 2.57. The van der Waals surface area contributed by atoms with Crippen molar-refractivity contribution in [1.82, 2.24) is 10.2 Å². The van der Waals surface area contributed by atoms with Crippen molar-refractivity contribution in [2.75, 3.05) is 25.5 Å². The van der Waals surface area contributed by atoms with Gasteiger partial charge in [0.25, 0.3) is 0 Å². The maximum atomic E-state index is 12.3. The Bertz CT molecular complexity index is 419. The summed E-state index contributed by atoms with van der Waals surface area (Å²) >= 11 is 5.83. The normalized spacial score (nSPS) is 19.3. The second-order valence-corrected chi connectivity index (χ2v) is 5.27. The molecular formula is C14H20ClN3O. The number of likely N-dealkylation sites (N-methyl/N-ethyl adjacent to an activating group) is 1. The van der Waals surface area contributed by atoms with Gasteiger partial charge in [0.1, 0.15) is 0 Å². The average Bonchev–Trinajstić information content (AvgIpc) is 2.42. The molecule has 2 rings (SSSR count). The van der Waals surface area contributed by atoms with Gasteiger partial charge in [0, 0.05) is 29.8 Å². The minimum atomic E-state index is -0.0257. The molecule has 2 amide bonds. The van der Waals surface area contributed by atoms with E-state index in [1.807, 2.05) is 24.1 Å². The number of halogens is 1. The summed E-state index contributed by atoms with van der Waals surface area (Å²) in [7, 11) is 1.92. The molecule has 0 saturated carbocycles. The van der Waals surface area contributed by atoms with Crippen LogP contribution >= 0.6 is 11.6 Å². The number of urea groups is 1. The van der Waals surface area contributed by atoms with Gasteiger partial charge in [-0.1, -0.05) is 11.6 Å². The van der Waals surface area contributed by atoms with Crippen molar-refractivity contribution in [2.24, 2.45) is 0 Å². The molecule has 2 N–H and O–H groups in total. The number of carbonyl (C=O) groups excluding carboxylic acids is 1. The Morgan fingerprint density at radius 2 is 2.11 bits per heavy atom. The molecule has 0 spiro atoms. The highest BCUT2D eigenvalue weighted by atomic mass is 35.5.